The summed E-state index contributed by atoms with van der Waals surface area (Å²) in [6, 6.07) is 10.1. The van der Waals surface area contributed by atoms with Gasteiger partial charge < -0.3 is 14.2 Å². The fraction of sp³-hybridized carbons (Fsp3) is 0.0556. The van der Waals surface area contributed by atoms with Gasteiger partial charge in [0.25, 0.3) is 0 Å². The van der Waals surface area contributed by atoms with Crippen LogP contribution in [0.2, 0.25) is 10.0 Å². The molecule has 0 aliphatic rings. The summed E-state index contributed by atoms with van der Waals surface area (Å²) >= 11 is 12.1. The van der Waals surface area contributed by atoms with Crippen LogP contribution >= 0.6 is 23.2 Å². The zero-order chi connectivity index (χ0) is 18.1. The first-order valence-corrected chi connectivity index (χ1v) is 8.37. The number of nitrogens with one attached hydrogen (secondary N) is 1. The van der Waals surface area contributed by atoms with Gasteiger partial charge in [-0.3, -0.25) is 0 Å². The summed E-state index contributed by atoms with van der Waals surface area (Å²) in [4.78, 5) is 19.4. The van der Waals surface area contributed by atoms with Gasteiger partial charge >= 0.3 is 5.97 Å². The second kappa shape index (κ2) is 6.82. The maximum Gasteiger partial charge on any atom is 0.339 e. The van der Waals surface area contributed by atoms with Crippen molar-refractivity contribution in [3.8, 4) is 11.3 Å². The average molecular weight is 388 g/mol. The number of rotatable bonds is 4. The predicted octanol–water partition coefficient (Wildman–Crippen LogP) is 4.88. The number of carbonyl (C=O) groups excluding carboxylic acids is 1. The maximum atomic E-state index is 12.3. The molecule has 1 N–H and O–H groups in total. The van der Waals surface area contributed by atoms with Crippen LogP contribution in [0.4, 0.5) is 0 Å². The van der Waals surface area contributed by atoms with E-state index in [1.165, 1.54) is 0 Å². The third kappa shape index (κ3) is 3.16. The van der Waals surface area contributed by atoms with Gasteiger partial charge in [-0.1, -0.05) is 28.4 Å². The Hall–Kier alpha value is -2.83. The Balaban J connectivity index is 1.49. The molecule has 0 bridgehead atoms. The molecule has 26 heavy (non-hydrogen) atoms. The van der Waals surface area contributed by atoms with E-state index < -0.39 is 5.97 Å². The molecule has 3 heterocycles. The summed E-state index contributed by atoms with van der Waals surface area (Å²) in [7, 11) is 0. The Bertz CT molecular complexity index is 1100. The molecule has 0 unspecified atom stereocenters. The molecule has 8 heteroatoms. The highest BCUT2D eigenvalue weighted by Crippen LogP contribution is 2.30. The van der Waals surface area contributed by atoms with Gasteiger partial charge in [-0.15, -0.1) is 0 Å². The number of aromatic amines is 1. The van der Waals surface area contributed by atoms with Gasteiger partial charge in [-0.05, 0) is 30.3 Å². The van der Waals surface area contributed by atoms with Crippen molar-refractivity contribution in [2.45, 2.75) is 6.61 Å². The Labute approximate surface area is 157 Å². The quantitative estimate of drug-likeness (QED) is 0.504. The molecule has 3 aromatic heterocycles. The van der Waals surface area contributed by atoms with Gasteiger partial charge in [-0.25, -0.2) is 9.78 Å². The van der Waals surface area contributed by atoms with Crippen molar-refractivity contribution < 1.29 is 14.1 Å². The number of hydrogen-bond acceptors (Lipinski definition) is 5. The van der Waals surface area contributed by atoms with E-state index >= 15 is 0 Å². The second-order valence-corrected chi connectivity index (χ2v) is 6.32. The summed E-state index contributed by atoms with van der Waals surface area (Å²) < 4.78 is 10.5. The number of aromatic nitrogens is 3. The molecule has 4 aromatic rings. The molecular formula is C18H11Cl2N3O3. The van der Waals surface area contributed by atoms with Gasteiger partial charge in [0.2, 0.25) is 0 Å². The summed E-state index contributed by atoms with van der Waals surface area (Å²) in [6.07, 6.45) is 3.26. The van der Waals surface area contributed by atoms with Crippen LogP contribution in [-0.2, 0) is 11.3 Å². The summed E-state index contributed by atoms with van der Waals surface area (Å²) in [5, 5.41) is 5.65. The van der Waals surface area contributed by atoms with Crippen molar-refractivity contribution in [3.63, 3.8) is 0 Å². The third-order valence-electron chi connectivity index (χ3n) is 3.79. The van der Waals surface area contributed by atoms with Crippen LogP contribution in [0.3, 0.4) is 0 Å². The molecule has 0 aliphatic carbocycles. The first-order chi connectivity index (χ1) is 12.6. The first kappa shape index (κ1) is 16.6. The lowest BCUT2D eigenvalue weighted by Gasteiger charge is -2.03. The van der Waals surface area contributed by atoms with Crippen molar-refractivity contribution >= 4 is 40.2 Å². The minimum atomic E-state index is -0.473. The van der Waals surface area contributed by atoms with Crippen LogP contribution in [0.5, 0.6) is 0 Å². The van der Waals surface area contributed by atoms with Gasteiger partial charge in [0.05, 0.1) is 10.6 Å². The highest BCUT2D eigenvalue weighted by molar-refractivity contribution is 6.36. The van der Waals surface area contributed by atoms with Crippen LogP contribution in [0.1, 0.15) is 16.1 Å². The van der Waals surface area contributed by atoms with E-state index in [1.807, 2.05) is 0 Å². The number of halogens is 2. The van der Waals surface area contributed by atoms with Gasteiger partial charge in [0.1, 0.15) is 11.3 Å². The normalized spacial score (nSPS) is 11.0. The fourth-order valence-corrected chi connectivity index (χ4v) is 3.06. The van der Waals surface area contributed by atoms with Gasteiger partial charge in [0, 0.05) is 34.4 Å². The number of nitrogens with zero attached hydrogens (tertiary/aromatic N) is 2. The number of H-pyrrole nitrogens is 1. The lowest BCUT2D eigenvalue weighted by atomic mass is 10.1. The Kier molecular flexibility index (Phi) is 4.36. The number of pyridine rings is 1. The molecule has 0 saturated heterocycles. The lowest BCUT2D eigenvalue weighted by molar-refractivity contribution is 0.0439. The Morgan fingerprint density at radius 3 is 2.92 bits per heavy atom. The molecule has 1 aromatic carbocycles. The van der Waals surface area contributed by atoms with E-state index in [9.17, 15) is 4.79 Å². The molecule has 0 spiro atoms. The molecule has 0 aliphatic heterocycles. The molecule has 0 radical (unpaired) electrons. The summed E-state index contributed by atoms with van der Waals surface area (Å²) in [6.45, 7) is -0.0503. The van der Waals surface area contributed by atoms with Gasteiger partial charge in [0.15, 0.2) is 12.4 Å². The van der Waals surface area contributed by atoms with E-state index in [-0.39, 0.29) is 6.61 Å². The van der Waals surface area contributed by atoms with Crippen molar-refractivity contribution in [2.24, 2.45) is 0 Å². The Morgan fingerprint density at radius 2 is 2.08 bits per heavy atom. The van der Waals surface area contributed by atoms with Crippen LogP contribution in [0.25, 0.3) is 22.3 Å². The minimum Gasteiger partial charge on any atom is -0.454 e. The zero-order valence-electron chi connectivity index (χ0n) is 13.2. The number of fused-ring (bicyclic) bond motifs is 1. The fourth-order valence-electron chi connectivity index (χ4n) is 2.56. The topological polar surface area (TPSA) is 81.0 Å². The van der Waals surface area contributed by atoms with E-state index in [0.29, 0.717) is 43.7 Å². The molecule has 0 amide bonds. The molecule has 6 nitrogen and oxygen atoms in total. The van der Waals surface area contributed by atoms with Crippen molar-refractivity contribution in [2.75, 3.05) is 0 Å². The van der Waals surface area contributed by atoms with E-state index in [1.54, 1.807) is 48.8 Å². The van der Waals surface area contributed by atoms with Crippen molar-refractivity contribution in [1.82, 2.24) is 15.1 Å². The Morgan fingerprint density at radius 1 is 1.19 bits per heavy atom. The smallest absolute Gasteiger partial charge is 0.339 e. The number of hydrogen-bond donors (Lipinski definition) is 1. The van der Waals surface area contributed by atoms with E-state index in [0.717, 1.165) is 0 Å². The molecule has 4 rings (SSSR count). The average Bonchev–Trinajstić information content (AvgIpc) is 3.28. The highest BCUT2D eigenvalue weighted by Gasteiger charge is 2.15. The highest BCUT2D eigenvalue weighted by atomic mass is 35.5. The minimum absolute atomic E-state index is 0.0503. The predicted molar refractivity (Wildman–Crippen MR) is 97.2 cm³/mol. The van der Waals surface area contributed by atoms with Gasteiger partial charge in [-0.2, -0.15) is 0 Å². The number of benzene rings is 1. The van der Waals surface area contributed by atoms with Crippen LogP contribution in [0.15, 0.2) is 53.3 Å². The summed E-state index contributed by atoms with van der Waals surface area (Å²) in [5.74, 6) is -0.0711. The number of ether oxygens (including phenoxy) is 1. The number of esters is 1. The van der Waals surface area contributed by atoms with Crippen LogP contribution in [-0.4, -0.2) is 21.1 Å². The number of carbonyl (C=O) groups is 1. The first-order valence-electron chi connectivity index (χ1n) is 7.62. The van der Waals surface area contributed by atoms with Crippen LogP contribution < -0.4 is 0 Å². The van der Waals surface area contributed by atoms with Crippen LogP contribution in [0, 0.1) is 0 Å². The monoisotopic (exact) mass is 387 g/mol. The van der Waals surface area contributed by atoms with E-state index in [4.69, 9.17) is 32.5 Å². The largest absolute Gasteiger partial charge is 0.454 e. The molecule has 130 valence electrons. The van der Waals surface area contributed by atoms with Crippen molar-refractivity contribution in [3.05, 3.63) is 70.2 Å². The standard InChI is InChI=1S/C18H11Cl2N3O3/c19-10-1-2-14(15(20)7-10)16-8-11(26-23-16)9-25-18(24)13-4-6-22-17-12(13)3-5-21-17/h1-8H,9H2,(H,21,22). The summed E-state index contributed by atoms with van der Waals surface area (Å²) in [5.41, 5.74) is 2.27. The second-order valence-electron chi connectivity index (χ2n) is 5.48. The zero-order valence-corrected chi connectivity index (χ0v) is 14.7. The molecule has 0 saturated carbocycles. The van der Waals surface area contributed by atoms with E-state index in [2.05, 4.69) is 15.1 Å². The SMILES string of the molecule is O=C(OCc1cc(-c2ccc(Cl)cc2Cl)no1)c1ccnc2[nH]ccc12. The molecule has 0 atom stereocenters. The molecular weight excluding hydrogens is 377 g/mol. The third-order valence-corrected chi connectivity index (χ3v) is 4.34. The van der Waals surface area contributed by atoms with Crippen molar-refractivity contribution in [1.29, 1.82) is 0 Å². The lowest BCUT2D eigenvalue weighted by Crippen LogP contribution is -2.05. The molecule has 0 fully saturated rings. The maximum absolute atomic E-state index is 12.3.